The van der Waals surface area contributed by atoms with Gasteiger partial charge < -0.3 is 9.64 Å². The molecule has 0 spiro atoms. The van der Waals surface area contributed by atoms with Crippen LogP contribution in [0.4, 0.5) is 0 Å². The van der Waals surface area contributed by atoms with Crippen molar-refractivity contribution in [3.8, 4) is 0 Å². The first-order chi connectivity index (χ1) is 17.6. The van der Waals surface area contributed by atoms with Crippen molar-refractivity contribution in [3.05, 3.63) is 75.8 Å². The van der Waals surface area contributed by atoms with E-state index < -0.39 is 28.0 Å². The summed E-state index contributed by atoms with van der Waals surface area (Å²) < 4.78 is 32.1. The molecule has 37 heavy (non-hydrogen) atoms. The van der Waals surface area contributed by atoms with Crippen molar-refractivity contribution < 1.29 is 22.8 Å². The van der Waals surface area contributed by atoms with E-state index in [-0.39, 0.29) is 18.6 Å². The summed E-state index contributed by atoms with van der Waals surface area (Å²) in [5.74, 6) is -1.11. The van der Waals surface area contributed by atoms with E-state index >= 15 is 0 Å². The molecule has 0 bridgehead atoms. The van der Waals surface area contributed by atoms with Gasteiger partial charge in [-0.1, -0.05) is 77.4 Å². The molecule has 1 heterocycles. The van der Waals surface area contributed by atoms with Crippen LogP contribution in [0.25, 0.3) is 5.70 Å². The lowest BCUT2D eigenvalue weighted by Crippen LogP contribution is -2.56. The Hall–Kier alpha value is -2.10. The van der Waals surface area contributed by atoms with Crippen LogP contribution in [0.1, 0.15) is 61.3 Å². The zero-order valence-electron chi connectivity index (χ0n) is 21.2. The summed E-state index contributed by atoms with van der Waals surface area (Å²) in [6, 6.07) is 11.4. The third-order valence-corrected chi connectivity index (χ3v) is 8.82. The molecule has 2 aromatic rings. The second kappa shape index (κ2) is 11.3. The number of halogens is 2. The number of carbonyl (C=O) groups is 1. The van der Waals surface area contributed by atoms with E-state index in [1.807, 2.05) is 30.3 Å². The Labute approximate surface area is 228 Å². The minimum Gasteiger partial charge on any atom is -0.465 e. The van der Waals surface area contributed by atoms with Gasteiger partial charge in [-0.05, 0) is 43.0 Å². The Balaban J connectivity index is 1.97. The van der Waals surface area contributed by atoms with Crippen LogP contribution in [-0.4, -0.2) is 55.8 Å². The summed E-state index contributed by atoms with van der Waals surface area (Å²) >= 11 is 13.0. The average Bonchev–Trinajstić information content (AvgIpc) is 2.84. The molecule has 2 aromatic carbocycles. The van der Waals surface area contributed by atoms with Crippen LogP contribution in [0.15, 0.2) is 49.0 Å². The summed E-state index contributed by atoms with van der Waals surface area (Å²) in [7, 11) is -2.32. The van der Waals surface area contributed by atoms with Crippen molar-refractivity contribution in [2.24, 2.45) is 0 Å². The van der Waals surface area contributed by atoms with Gasteiger partial charge in [0.15, 0.2) is 0 Å². The fourth-order valence-electron chi connectivity index (χ4n) is 5.81. The van der Waals surface area contributed by atoms with Crippen LogP contribution < -0.4 is 0 Å². The Kier molecular flexibility index (Phi) is 8.55. The molecular formula is C27H32Cl2N2O5S. The lowest BCUT2D eigenvalue weighted by atomic mass is 9.76. The zero-order chi connectivity index (χ0) is 26.9. The van der Waals surface area contributed by atoms with Crippen molar-refractivity contribution in [2.75, 3.05) is 20.0 Å². The molecule has 1 aliphatic heterocycles. The Morgan fingerprint density at radius 2 is 1.84 bits per heavy atom. The van der Waals surface area contributed by atoms with E-state index in [1.165, 1.54) is 7.11 Å². The number of carbonyl (C=O) groups excluding carboxylic acids is 1. The van der Waals surface area contributed by atoms with Gasteiger partial charge in [-0.2, -0.15) is 0 Å². The molecule has 10 heteroatoms. The normalized spacial score (nSPS) is 24.2. The molecule has 0 radical (unpaired) electrons. The smallest absolute Gasteiger partial charge is 0.315 e. The molecule has 1 aliphatic carbocycles. The average molecular weight is 568 g/mol. The first-order valence-electron chi connectivity index (χ1n) is 12.3. The van der Waals surface area contributed by atoms with Gasteiger partial charge in [-0.15, -0.1) is 0 Å². The highest BCUT2D eigenvalue weighted by molar-refractivity contribution is 7.88. The third-order valence-electron chi connectivity index (χ3n) is 7.18. The molecule has 0 amide bonds. The Bertz CT molecular complexity index is 1290. The van der Waals surface area contributed by atoms with Gasteiger partial charge in [-0.3, -0.25) is 9.63 Å². The van der Waals surface area contributed by atoms with Crippen LogP contribution in [0.5, 0.6) is 0 Å². The molecule has 0 unspecified atom stereocenters. The Morgan fingerprint density at radius 3 is 2.49 bits per heavy atom. The quantitative estimate of drug-likeness (QED) is 0.311. The number of hydrogen-bond donors (Lipinski definition) is 0. The first kappa shape index (κ1) is 27.9. The van der Waals surface area contributed by atoms with E-state index in [0.717, 1.165) is 34.7 Å². The van der Waals surface area contributed by atoms with Crippen molar-refractivity contribution in [1.29, 1.82) is 0 Å². The molecule has 1 saturated carbocycles. The number of nitrogens with zero attached hydrogens (tertiary/aromatic N) is 2. The monoisotopic (exact) mass is 566 g/mol. The van der Waals surface area contributed by atoms with Gasteiger partial charge >= 0.3 is 5.97 Å². The van der Waals surface area contributed by atoms with E-state index in [1.54, 1.807) is 19.1 Å². The number of fused-ring (bicyclic) bond motifs is 1. The van der Waals surface area contributed by atoms with E-state index in [4.69, 9.17) is 32.8 Å². The largest absolute Gasteiger partial charge is 0.465 e. The second-order valence-electron chi connectivity index (χ2n) is 9.40. The molecule has 4 atom stereocenters. The Morgan fingerprint density at radius 1 is 1.14 bits per heavy atom. The number of hydrogen-bond acceptors (Lipinski definition) is 6. The van der Waals surface area contributed by atoms with Gasteiger partial charge in [0.05, 0.1) is 32.1 Å². The number of esters is 1. The highest BCUT2D eigenvalue weighted by Crippen LogP contribution is 2.52. The molecule has 200 valence electrons. The molecule has 4 rings (SSSR count). The second-order valence-corrected chi connectivity index (χ2v) is 12.1. The fourth-order valence-corrected chi connectivity index (χ4v) is 7.34. The summed E-state index contributed by atoms with van der Waals surface area (Å²) in [6.45, 7) is 6.44. The van der Waals surface area contributed by atoms with E-state index in [9.17, 15) is 13.2 Å². The van der Waals surface area contributed by atoms with Gasteiger partial charge in [0, 0.05) is 27.3 Å². The maximum absolute atomic E-state index is 13.6. The van der Waals surface area contributed by atoms with Gasteiger partial charge in [0.2, 0.25) is 10.0 Å². The van der Waals surface area contributed by atoms with E-state index in [2.05, 4.69) is 11.5 Å². The van der Waals surface area contributed by atoms with Crippen molar-refractivity contribution >= 4 is 44.9 Å². The zero-order valence-corrected chi connectivity index (χ0v) is 23.5. The highest BCUT2D eigenvalue weighted by Gasteiger charge is 2.49. The van der Waals surface area contributed by atoms with Crippen LogP contribution in [-0.2, 0) is 24.4 Å². The van der Waals surface area contributed by atoms with Crippen LogP contribution in [0.3, 0.4) is 0 Å². The van der Waals surface area contributed by atoms with Crippen LogP contribution in [0, 0.1) is 0 Å². The molecule has 1 fully saturated rings. The number of sulfonamides is 1. The molecule has 0 N–H and O–H groups in total. The molecule has 0 aromatic heterocycles. The highest BCUT2D eigenvalue weighted by atomic mass is 35.5. The lowest BCUT2D eigenvalue weighted by molar-refractivity contribution is -0.148. The SMILES string of the molecule is C=C1c2ccccc2[C@@H](C(=O)OCC)[C@H](c2ccc(Cl)cc2Cl)N1[C@H]1CCCC[C@@H]1N(OC)S(C)(=O)=O. The predicted octanol–water partition coefficient (Wildman–Crippen LogP) is 5.80. The molecular weight excluding hydrogens is 535 g/mol. The third kappa shape index (κ3) is 5.40. The summed E-state index contributed by atoms with van der Waals surface area (Å²) in [5, 5.41) is 0.879. The minimum atomic E-state index is -3.68. The maximum Gasteiger partial charge on any atom is 0.315 e. The minimum absolute atomic E-state index is 0.219. The number of ether oxygens (including phenoxy) is 1. The van der Waals surface area contributed by atoms with E-state index in [0.29, 0.717) is 34.1 Å². The number of hydroxylamine groups is 1. The summed E-state index contributed by atoms with van der Waals surface area (Å²) in [5.41, 5.74) is 2.98. The maximum atomic E-state index is 13.6. The van der Waals surface area contributed by atoms with Crippen LogP contribution in [0.2, 0.25) is 10.0 Å². The van der Waals surface area contributed by atoms with Crippen molar-refractivity contribution in [3.63, 3.8) is 0 Å². The van der Waals surface area contributed by atoms with Crippen molar-refractivity contribution in [1.82, 2.24) is 9.37 Å². The lowest BCUT2D eigenvalue weighted by Gasteiger charge is -2.52. The summed E-state index contributed by atoms with van der Waals surface area (Å²) in [6.07, 6.45) is 4.15. The molecule has 7 nitrogen and oxygen atoms in total. The van der Waals surface area contributed by atoms with Crippen molar-refractivity contribution in [2.45, 2.75) is 56.7 Å². The molecule has 2 aliphatic rings. The van der Waals surface area contributed by atoms with Gasteiger partial charge in [0.1, 0.15) is 5.92 Å². The number of benzene rings is 2. The van der Waals surface area contributed by atoms with Gasteiger partial charge in [0.25, 0.3) is 0 Å². The molecule has 0 saturated heterocycles. The standard InChI is InChI=1S/C27H32Cl2N2O5S/c1-5-36-27(32)25-20-11-7-6-10-19(20)17(2)30(26(25)21-15-14-18(28)16-22(21)29)23-12-8-9-13-24(23)31(35-3)37(4,33)34/h6-7,10-11,14-16,23-26H,2,5,8-9,12-13H2,1,3-4H3/t23-,24-,25+,26-/m0/s1. The van der Waals surface area contributed by atoms with Gasteiger partial charge in [-0.25, -0.2) is 8.42 Å². The fraction of sp³-hybridized carbons (Fsp3) is 0.444. The predicted molar refractivity (Wildman–Crippen MR) is 146 cm³/mol. The topological polar surface area (TPSA) is 76.2 Å². The number of rotatable bonds is 7. The van der Waals surface area contributed by atoms with Crippen LogP contribution >= 0.6 is 23.2 Å². The summed E-state index contributed by atoms with van der Waals surface area (Å²) in [4.78, 5) is 21.1. The first-order valence-corrected chi connectivity index (χ1v) is 14.9.